The van der Waals surface area contributed by atoms with E-state index in [2.05, 4.69) is 55.1 Å². The number of hydrogen-bond donors (Lipinski definition) is 0. The molecule has 0 bridgehead atoms. The zero-order valence-corrected chi connectivity index (χ0v) is 12.7. The van der Waals surface area contributed by atoms with E-state index in [9.17, 15) is 0 Å². The van der Waals surface area contributed by atoms with Gasteiger partial charge in [0.2, 0.25) is 0 Å². The van der Waals surface area contributed by atoms with E-state index in [1.54, 1.807) is 0 Å². The fourth-order valence-corrected chi connectivity index (χ4v) is 3.76. The summed E-state index contributed by atoms with van der Waals surface area (Å²) in [6, 6.07) is 22.2. The fraction of sp³-hybridized carbons (Fsp3) is 0.294. The average molecular weight is 270 g/mol. The van der Waals surface area contributed by atoms with Crippen molar-refractivity contribution in [1.82, 2.24) is 0 Å². The number of benzene rings is 2. The van der Waals surface area contributed by atoms with Gasteiger partial charge in [0.05, 0.1) is 0 Å². The van der Waals surface area contributed by atoms with E-state index in [0.29, 0.717) is 0 Å². The minimum absolute atomic E-state index is 0.595. The van der Waals surface area contributed by atoms with Crippen molar-refractivity contribution in [2.75, 3.05) is 6.61 Å². The molecule has 2 aromatic carbocycles. The van der Waals surface area contributed by atoms with Crippen LogP contribution in [0.5, 0.6) is 0 Å². The van der Waals surface area contributed by atoms with Crippen molar-refractivity contribution < 1.29 is 4.43 Å². The zero-order chi connectivity index (χ0) is 13.3. The smallest absolute Gasteiger partial charge is 0.173 e. The Morgan fingerprint density at radius 2 is 1.32 bits per heavy atom. The molecule has 19 heavy (non-hydrogen) atoms. The molecule has 1 heterocycles. The van der Waals surface area contributed by atoms with Crippen LogP contribution in [0.25, 0.3) is 11.1 Å². The molecule has 1 atom stereocenters. The van der Waals surface area contributed by atoms with E-state index in [1.807, 2.05) is 12.1 Å². The lowest BCUT2D eigenvalue weighted by Gasteiger charge is -2.16. The van der Waals surface area contributed by atoms with Crippen LogP contribution in [-0.2, 0) is 4.43 Å². The van der Waals surface area contributed by atoms with Crippen molar-refractivity contribution in [3.05, 3.63) is 60.7 Å². The maximum absolute atomic E-state index is 5.42. The lowest BCUT2D eigenvalue weighted by Crippen LogP contribution is -2.18. The molecule has 0 aromatic heterocycles. The molecule has 1 aliphatic rings. The van der Waals surface area contributed by atoms with Crippen LogP contribution in [0.2, 0.25) is 12.6 Å². The summed E-state index contributed by atoms with van der Waals surface area (Å²) in [5, 5.41) is 0. The summed E-state index contributed by atoms with van der Waals surface area (Å²) in [6.45, 7) is 3.33. The van der Waals surface area contributed by atoms with Crippen molar-refractivity contribution in [3.63, 3.8) is 0 Å². The predicted octanol–water partition coefficient (Wildman–Crippen LogP) is 4.50. The summed E-state index contributed by atoms with van der Waals surface area (Å²) in [6.07, 6.45) is 2.73. The summed E-state index contributed by atoms with van der Waals surface area (Å²) in [7, 11) is -0.595. The Morgan fingerprint density at radius 1 is 0.789 bits per heavy atom. The SMILES string of the molecule is C[SiH]1CCCCO1.c1ccc(-c2ccccc2)cc1. The highest BCUT2D eigenvalue weighted by Gasteiger charge is 2.08. The number of rotatable bonds is 1. The van der Waals surface area contributed by atoms with Gasteiger partial charge in [0.1, 0.15) is 0 Å². The molecular formula is C17H22OSi. The van der Waals surface area contributed by atoms with Crippen molar-refractivity contribution >= 4 is 9.04 Å². The second-order valence-electron chi connectivity index (χ2n) is 4.91. The Balaban J connectivity index is 0.000000163. The first-order valence-electron chi connectivity index (χ1n) is 7.08. The molecule has 0 amide bonds. The molecule has 0 N–H and O–H groups in total. The molecule has 1 fully saturated rings. The molecule has 0 saturated carbocycles. The second-order valence-corrected chi connectivity index (χ2v) is 7.44. The van der Waals surface area contributed by atoms with Crippen molar-refractivity contribution in [1.29, 1.82) is 0 Å². The predicted molar refractivity (Wildman–Crippen MR) is 84.9 cm³/mol. The molecule has 0 aliphatic carbocycles. The van der Waals surface area contributed by atoms with E-state index < -0.39 is 9.04 Å². The highest BCUT2D eigenvalue weighted by molar-refractivity contribution is 6.50. The van der Waals surface area contributed by atoms with E-state index in [-0.39, 0.29) is 0 Å². The largest absolute Gasteiger partial charge is 0.420 e. The molecule has 1 aliphatic heterocycles. The lowest BCUT2D eigenvalue weighted by atomic mass is 10.1. The van der Waals surface area contributed by atoms with E-state index in [4.69, 9.17) is 4.43 Å². The van der Waals surface area contributed by atoms with Gasteiger partial charge in [-0.05, 0) is 30.1 Å². The Kier molecular flexibility index (Phi) is 5.85. The molecule has 0 spiro atoms. The lowest BCUT2D eigenvalue weighted by molar-refractivity contribution is 0.291. The van der Waals surface area contributed by atoms with Gasteiger partial charge in [0.25, 0.3) is 0 Å². The van der Waals surface area contributed by atoms with Gasteiger partial charge >= 0.3 is 0 Å². The zero-order valence-electron chi connectivity index (χ0n) is 11.6. The minimum Gasteiger partial charge on any atom is -0.420 e. The quantitative estimate of drug-likeness (QED) is 0.693. The third kappa shape index (κ3) is 5.01. The van der Waals surface area contributed by atoms with E-state index >= 15 is 0 Å². The third-order valence-corrected chi connectivity index (χ3v) is 5.31. The standard InChI is InChI=1S/C12H10.C5H12OSi/c1-3-7-11(8-4-1)12-9-5-2-6-10-12;1-7-5-3-2-4-6-7/h1-10H;7H,2-5H2,1H3. The molecule has 3 rings (SSSR count). The van der Waals surface area contributed by atoms with Crippen molar-refractivity contribution in [2.24, 2.45) is 0 Å². The molecule has 0 radical (unpaired) electrons. The first-order chi connectivity index (χ1) is 9.36. The van der Waals surface area contributed by atoms with Crippen LogP contribution in [-0.4, -0.2) is 15.6 Å². The van der Waals surface area contributed by atoms with Gasteiger partial charge in [-0.15, -0.1) is 0 Å². The van der Waals surface area contributed by atoms with Gasteiger partial charge in [-0.2, -0.15) is 0 Å². The van der Waals surface area contributed by atoms with Crippen LogP contribution >= 0.6 is 0 Å². The normalized spacial score (nSPS) is 18.3. The number of hydrogen-bond acceptors (Lipinski definition) is 1. The van der Waals surface area contributed by atoms with Gasteiger partial charge in [-0.25, -0.2) is 0 Å². The highest BCUT2D eigenvalue weighted by atomic mass is 28.3. The average Bonchev–Trinajstić information content (AvgIpc) is 2.51. The molecule has 2 aromatic rings. The summed E-state index contributed by atoms with van der Waals surface area (Å²) in [5.74, 6) is 0. The van der Waals surface area contributed by atoms with Crippen molar-refractivity contribution in [2.45, 2.75) is 25.4 Å². The van der Waals surface area contributed by atoms with Crippen LogP contribution in [0.4, 0.5) is 0 Å². The third-order valence-electron chi connectivity index (χ3n) is 3.29. The van der Waals surface area contributed by atoms with Crippen LogP contribution in [0.1, 0.15) is 12.8 Å². The molecule has 2 heteroatoms. The van der Waals surface area contributed by atoms with Gasteiger partial charge in [0.15, 0.2) is 9.04 Å². The van der Waals surface area contributed by atoms with Crippen LogP contribution in [0.15, 0.2) is 60.7 Å². The Hall–Kier alpha value is -1.38. The van der Waals surface area contributed by atoms with Gasteiger partial charge in [-0.1, -0.05) is 67.1 Å². The summed E-state index contributed by atoms with van der Waals surface area (Å²) < 4.78 is 5.42. The molecule has 1 saturated heterocycles. The second kappa shape index (κ2) is 7.92. The fourth-order valence-electron chi connectivity index (χ4n) is 2.16. The Morgan fingerprint density at radius 3 is 1.63 bits per heavy atom. The van der Waals surface area contributed by atoms with Crippen LogP contribution in [0.3, 0.4) is 0 Å². The van der Waals surface area contributed by atoms with E-state index in [1.165, 1.54) is 30.0 Å². The van der Waals surface area contributed by atoms with Gasteiger partial charge in [-0.3, -0.25) is 0 Å². The van der Waals surface area contributed by atoms with E-state index in [0.717, 1.165) is 6.61 Å². The summed E-state index contributed by atoms with van der Waals surface area (Å²) in [5.41, 5.74) is 2.55. The monoisotopic (exact) mass is 270 g/mol. The van der Waals surface area contributed by atoms with Crippen LogP contribution in [0, 0.1) is 0 Å². The Bertz CT molecular complexity index is 412. The first kappa shape index (κ1) is 14.0. The Labute approximate surface area is 118 Å². The summed E-state index contributed by atoms with van der Waals surface area (Å²) in [4.78, 5) is 0. The topological polar surface area (TPSA) is 9.23 Å². The summed E-state index contributed by atoms with van der Waals surface area (Å²) >= 11 is 0. The minimum atomic E-state index is -0.595. The highest BCUT2D eigenvalue weighted by Crippen LogP contribution is 2.17. The van der Waals surface area contributed by atoms with Crippen molar-refractivity contribution in [3.8, 4) is 11.1 Å². The molecular weight excluding hydrogens is 248 g/mol. The first-order valence-corrected chi connectivity index (χ1v) is 9.52. The van der Waals surface area contributed by atoms with Gasteiger partial charge < -0.3 is 4.43 Å². The molecule has 1 unspecified atom stereocenters. The maximum Gasteiger partial charge on any atom is 0.173 e. The van der Waals surface area contributed by atoms with Crippen LogP contribution < -0.4 is 0 Å². The molecule has 1 nitrogen and oxygen atoms in total. The van der Waals surface area contributed by atoms with Gasteiger partial charge in [0, 0.05) is 6.61 Å². The maximum atomic E-state index is 5.42. The molecule has 100 valence electrons.